The van der Waals surface area contributed by atoms with E-state index in [-0.39, 0.29) is 30.2 Å². The van der Waals surface area contributed by atoms with Crippen LogP contribution in [0.2, 0.25) is 0 Å². The topological polar surface area (TPSA) is 57.3 Å². The van der Waals surface area contributed by atoms with Crippen molar-refractivity contribution in [2.75, 3.05) is 49.6 Å². The van der Waals surface area contributed by atoms with Crippen molar-refractivity contribution in [2.24, 2.45) is 10.9 Å². The number of halogens is 4. The van der Waals surface area contributed by atoms with E-state index < -0.39 is 11.7 Å². The summed E-state index contributed by atoms with van der Waals surface area (Å²) in [6.45, 7) is 9.33. The standard InChI is InChI=1S/C36H41F4N5O/c1-5-10-28-29-20-31(37)33(44-17-15-43(4)16-18-44)21-32(29)45(22-25-11-9-14-27(19-25)36(38,39)40)23-30(28)34(41)42-46-24-35(2,3)26-12-7-6-8-13-26/h6-14,19-21,23H,5,15-18,22,24H2,1-4H3,(H2,41,42)/b28-10+. The van der Waals surface area contributed by atoms with Crippen molar-refractivity contribution in [3.8, 4) is 0 Å². The van der Waals surface area contributed by atoms with E-state index in [2.05, 4.69) is 10.1 Å². The number of allylic oxidation sites excluding steroid dienone is 1. The van der Waals surface area contributed by atoms with E-state index in [1.54, 1.807) is 18.3 Å². The summed E-state index contributed by atoms with van der Waals surface area (Å²) < 4.78 is 56.7. The third-order valence-electron chi connectivity index (χ3n) is 8.52. The number of nitrogens with zero attached hydrogens (tertiary/aromatic N) is 4. The minimum Gasteiger partial charge on any atom is -0.393 e. The predicted molar refractivity (Wildman–Crippen MR) is 177 cm³/mol. The maximum absolute atomic E-state index is 15.9. The molecule has 2 heterocycles. The molecular weight excluding hydrogens is 594 g/mol. The van der Waals surface area contributed by atoms with E-state index in [0.717, 1.165) is 30.8 Å². The fraction of sp³-hybridized carbons (Fsp3) is 0.361. The van der Waals surface area contributed by atoms with Gasteiger partial charge < -0.3 is 25.3 Å². The number of rotatable bonds is 9. The van der Waals surface area contributed by atoms with Gasteiger partial charge in [-0.2, -0.15) is 13.2 Å². The van der Waals surface area contributed by atoms with E-state index in [0.29, 0.717) is 53.2 Å². The van der Waals surface area contributed by atoms with Crippen molar-refractivity contribution >= 4 is 22.8 Å². The van der Waals surface area contributed by atoms with E-state index in [9.17, 15) is 13.2 Å². The highest BCUT2D eigenvalue weighted by atomic mass is 19.4. The molecule has 10 heteroatoms. The maximum Gasteiger partial charge on any atom is 0.416 e. The van der Waals surface area contributed by atoms with Crippen molar-refractivity contribution in [1.29, 1.82) is 0 Å². The Morgan fingerprint density at radius 2 is 1.63 bits per heavy atom. The highest BCUT2D eigenvalue weighted by Gasteiger charge is 2.32. The zero-order valence-corrected chi connectivity index (χ0v) is 26.7. The molecule has 0 atom stereocenters. The fourth-order valence-corrected chi connectivity index (χ4v) is 5.82. The molecule has 0 aliphatic carbocycles. The number of anilines is 2. The van der Waals surface area contributed by atoms with Gasteiger partial charge in [-0.05, 0) is 54.4 Å². The van der Waals surface area contributed by atoms with Crippen LogP contribution in [0.3, 0.4) is 0 Å². The average Bonchev–Trinajstić information content (AvgIpc) is 3.02. The first-order chi connectivity index (χ1) is 21.9. The van der Waals surface area contributed by atoms with Gasteiger partial charge in [-0.15, -0.1) is 0 Å². The molecule has 1 saturated heterocycles. The van der Waals surface area contributed by atoms with Crippen molar-refractivity contribution in [3.05, 3.63) is 113 Å². The van der Waals surface area contributed by atoms with Crippen LogP contribution in [0.5, 0.6) is 0 Å². The number of alkyl halides is 3. The molecule has 3 aromatic rings. The number of nitrogens with two attached hydrogens (primary N) is 1. The molecule has 6 nitrogen and oxygen atoms in total. The van der Waals surface area contributed by atoms with Gasteiger partial charge in [0.1, 0.15) is 12.4 Å². The summed E-state index contributed by atoms with van der Waals surface area (Å²) in [5.74, 6) is -0.284. The van der Waals surface area contributed by atoms with Crippen molar-refractivity contribution in [2.45, 2.75) is 45.3 Å². The summed E-state index contributed by atoms with van der Waals surface area (Å²) in [4.78, 5) is 11.8. The molecule has 1 fully saturated rings. The second-order valence-corrected chi connectivity index (χ2v) is 12.5. The highest BCUT2D eigenvalue weighted by Crippen LogP contribution is 2.42. The maximum atomic E-state index is 15.9. The minimum atomic E-state index is -4.48. The van der Waals surface area contributed by atoms with Crippen LogP contribution in [0.25, 0.3) is 5.57 Å². The molecule has 0 bridgehead atoms. The number of likely N-dealkylation sites (N-methyl/N-ethyl adjacent to an activating group) is 1. The van der Waals surface area contributed by atoms with Crippen LogP contribution in [-0.2, 0) is 23.0 Å². The highest BCUT2D eigenvalue weighted by molar-refractivity contribution is 6.14. The van der Waals surface area contributed by atoms with Gasteiger partial charge in [0.25, 0.3) is 0 Å². The van der Waals surface area contributed by atoms with Crippen LogP contribution in [0, 0.1) is 5.82 Å². The van der Waals surface area contributed by atoms with Crippen LogP contribution in [-0.4, -0.2) is 50.6 Å². The molecule has 2 N–H and O–H groups in total. The fourth-order valence-electron chi connectivity index (χ4n) is 5.82. The van der Waals surface area contributed by atoms with Gasteiger partial charge in [-0.3, -0.25) is 0 Å². The molecule has 0 unspecified atom stereocenters. The molecule has 0 amide bonds. The Hall–Kier alpha value is -4.31. The molecule has 2 aliphatic heterocycles. The molecule has 0 saturated carbocycles. The largest absolute Gasteiger partial charge is 0.416 e. The molecule has 244 valence electrons. The number of oxime groups is 1. The van der Waals surface area contributed by atoms with Gasteiger partial charge in [0.05, 0.1) is 16.9 Å². The molecule has 0 radical (unpaired) electrons. The van der Waals surface area contributed by atoms with Crippen LogP contribution < -0.4 is 15.5 Å². The summed E-state index contributed by atoms with van der Waals surface area (Å²) in [5.41, 5.74) is 9.93. The van der Waals surface area contributed by atoms with Gasteiger partial charge in [-0.25, -0.2) is 4.39 Å². The smallest absolute Gasteiger partial charge is 0.393 e. The van der Waals surface area contributed by atoms with Gasteiger partial charge in [0.2, 0.25) is 0 Å². The lowest BCUT2D eigenvalue weighted by Crippen LogP contribution is -2.45. The van der Waals surface area contributed by atoms with Crippen LogP contribution >= 0.6 is 0 Å². The van der Waals surface area contributed by atoms with E-state index in [1.165, 1.54) is 12.1 Å². The SMILES string of the molecule is CC/C=C1/C(/C(N)=N/OCC(C)(C)c2ccccc2)=CN(Cc2cccc(C(F)(F)F)c2)c2cc(N3CCN(C)CC3)c(F)cc21. The number of amidine groups is 1. The number of hydrogen-bond donors (Lipinski definition) is 1. The Morgan fingerprint density at radius 1 is 0.935 bits per heavy atom. The number of benzene rings is 3. The summed E-state index contributed by atoms with van der Waals surface area (Å²) in [6, 6.07) is 18.5. The van der Waals surface area contributed by atoms with Crippen molar-refractivity contribution in [1.82, 2.24) is 4.90 Å². The summed E-state index contributed by atoms with van der Waals surface area (Å²) in [5, 5.41) is 4.28. The first kappa shape index (κ1) is 33.1. The lowest BCUT2D eigenvalue weighted by atomic mass is 9.86. The second kappa shape index (κ2) is 13.6. The molecule has 0 aromatic heterocycles. The number of piperazine rings is 1. The Labute approximate surface area is 268 Å². The zero-order chi connectivity index (χ0) is 33.1. The summed E-state index contributed by atoms with van der Waals surface area (Å²) >= 11 is 0. The quantitative estimate of drug-likeness (QED) is 0.114. The Bertz CT molecular complexity index is 1620. The minimum absolute atomic E-state index is 0.0896. The third kappa shape index (κ3) is 7.39. The molecule has 0 spiro atoms. The van der Waals surface area contributed by atoms with Gasteiger partial charge >= 0.3 is 6.18 Å². The summed E-state index contributed by atoms with van der Waals surface area (Å²) in [7, 11) is 2.03. The molecule has 3 aromatic carbocycles. The van der Waals surface area contributed by atoms with Crippen LogP contribution in [0.15, 0.2) is 89.7 Å². The van der Waals surface area contributed by atoms with Crippen molar-refractivity contribution in [3.63, 3.8) is 0 Å². The molecule has 2 aliphatic rings. The van der Waals surface area contributed by atoms with E-state index in [1.807, 2.05) is 74.0 Å². The lowest BCUT2D eigenvalue weighted by molar-refractivity contribution is -0.137. The van der Waals surface area contributed by atoms with E-state index >= 15 is 4.39 Å². The van der Waals surface area contributed by atoms with E-state index in [4.69, 9.17) is 10.6 Å². The lowest BCUT2D eigenvalue weighted by Gasteiger charge is -2.36. The van der Waals surface area contributed by atoms with Crippen LogP contribution in [0.4, 0.5) is 28.9 Å². The Kier molecular flexibility index (Phi) is 9.76. The molecule has 5 rings (SSSR count). The van der Waals surface area contributed by atoms with Gasteiger partial charge in [0.15, 0.2) is 5.84 Å². The van der Waals surface area contributed by atoms with Gasteiger partial charge in [0, 0.05) is 55.5 Å². The average molecular weight is 636 g/mol. The van der Waals surface area contributed by atoms with Gasteiger partial charge in [-0.1, -0.05) is 74.5 Å². The molecular formula is C36H41F4N5O. The Balaban J connectivity index is 1.54. The summed E-state index contributed by atoms with van der Waals surface area (Å²) in [6.07, 6.45) is -0.109. The number of fused-ring (bicyclic) bond motifs is 1. The van der Waals surface area contributed by atoms with Crippen molar-refractivity contribution < 1.29 is 22.4 Å². The van der Waals surface area contributed by atoms with Crippen LogP contribution in [0.1, 0.15) is 49.4 Å². The Morgan fingerprint density at radius 3 is 2.30 bits per heavy atom. The first-order valence-electron chi connectivity index (χ1n) is 15.5. The second-order valence-electron chi connectivity index (χ2n) is 12.5. The third-order valence-corrected chi connectivity index (χ3v) is 8.52. The monoisotopic (exact) mass is 635 g/mol. The zero-order valence-electron chi connectivity index (χ0n) is 26.7. The molecule has 46 heavy (non-hydrogen) atoms. The first-order valence-corrected chi connectivity index (χ1v) is 15.5. The normalized spacial score (nSPS) is 17.3. The predicted octanol–water partition coefficient (Wildman–Crippen LogP) is 7.56. The number of hydrogen-bond acceptors (Lipinski definition) is 5.